The number of aromatic amines is 1. The van der Waals surface area contributed by atoms with Gasteiger partial charge in [0, 0.05) is 11.6 Å². The number of carboxylic acid groups (broad SMARTS) is 1. The summed E-state index contributed by atoms with van der Waals surface area (Å²) in [7, 11) is 0. The second-order valence-corrected chi connectivity index (χ2v) is 3.66. The van der Waals surface area contributed by atoms with E-state index in [2.05, 4.69) is 10.2 Å². The lowest BCUT2D eigenvalue weighted by Gasteiger charge is -2.02. The number of benzene rings is 1. The van der Waals surface area contributed by atoms with Crippen LogP contribution in [0.15, 0.2) is 18.2 Å². The molecule has 0 fully saturated rings. The number of phenolic OH excluding ortho intramolecular Hbond substituents is 1. The average Bonchev–Trinajstić information content (AvgIpc) is 2.72. The second-order valence-electron chi connectivity index (χ2n) is 3.26. The summed E-state index contributed by atoms with van der Waals surface area (Å²) in [5.74, 6) is -2.31. The van der Waals surface area contributed by atoms with E-state index >= 15 is 0 Å². The van der Waals surface area contributed by atoms with Gasteiger partial charge in [0.15, 0.2) is 0 Å². The van der Waals surface area contributed by atoms with Gasteiger partial charge < -0.3 is 10.2 Å². The molecule has 0 aliphatic carbocycles. The van der Waals surface area contributed by atoms with Crippen LogP contribution in [0.2, 0.25) is 5.02 Å². The molecular formula is C10H6ClFN2O3. The molecule has 0 unspecified atom stereocenters. The first kappa shape index (κ1) is 11.4. The second kappa shape index (κ2) is 4.06. The van der Waals surface area contributed by atoms with Gasteiger partial charge in [-0.25, -0.2) is 9.18 Å². The number of carboxylic acids is 1. The highest BCUT2D eigenvalue weighted by Crippen LogP contribution is 2.32. The molecule has 0 bridgehead atoms. The highest BCUT2D eigenvalue weighted by Gasteiger charge is 2.14. The smallest absolute Gasteiger partial charge is 0.353 e. The summed E-state index contributed by atoms with van der Waals surface area (Å²) in [6.45, 7) is 0. The van der Waals surface area contributed by atoms with Gasteiger partial charge in [-0.2, -0.15) is 5.10 Å². The molecule has 2 rings (SSSR count). The van der Waals surface area contributed by atoms with Gasteiger partial charge in [-0.1, -0.05) is 11.6 Å². The molecule has 1 heterocycles. The summed E-state index contributed by atoms with van der Waals surface area (Å²) < 4.78 is 13.0. The fourth-order valence-electron chi connectivity index (χ4n) is 1.31. The third-order valence-corrected chi connectivity index (χ3v) is 2.41. The first-order chi connectivity index (χ1) is 7.99. The van der Waals surface area contributed by atoms with Crippen molar-refractivity contribution in [3.63, 3.8) is 0 Å². The monoisotopic (exact) mass is 256 g/mol. The number of rotatable bonds is 2. The molecule has 3 N–H and O–H groups in total. The van der Waals surface area contributed by atoms with Crippen molar-refractivity contribution in [1.82, 2.24) is 10.2 Å². The van der Waals surface area contributed by atoms with Crippen LogP contribution in [0.25, 0.3) is 11.3 Å². The van der Waals surface area contributed by atoms with Crippen LogP contribution in [0.1, 0.15) is 10.5 Å². The van der Waals surface area contributed by atoms with Gasteiger partial charge in [-0.05, 0) is 12.1 Å². The predicted molar refractivity (Wildman–Crippen MR) is 57.6 cm³/mol. The molecule has 0 aliphatic heterocycles. The van der Waals surface area contributed by atoms with Crippen molar-refractivity contribution >= 4 is 17.6 Å². The molecule has 0 aliphatic rings. The fourth-order valence-corrected chi connectivity index (χ4v) is 1.47. The average molecular weight is 257 g/mol. The Hall–Kier alpha value is -2.08. The fraction of sp³-hybridized carbons (Fsp3) is 0. The largest absolute Gasteiger partial charge is 0.507 e. The number of aromatic nitrogens is 2. The Kier molecular flexibility index (Phi) is 2.72. The van der Waals surface area contributed by atoms with Crippen molar-refractivity contribution in [2.75, 3.05) is 0 Å². The summed E-state index contributed by atoms with van der Waals surface area (Å²) in [4.78, 5) is 10.6. The van der Waals surface area contributed by atoms with E-state index in [0.717, 1.165) is 6.07 Å². The third kappa shape index (κ3) is 2.07. The molecule has 2 aromatic rings. The van der Waals surface area contributed by atoms with E-state index in [-0.39, 0.29) is 27.7 Å². The molecule has 1 aromatic heterocycles. The van der Waals surface area contributed by atoms with Gasteiger partial charge in [0.1, 0.15) is 17.3 Å². The molecule has 88 valence electrons. The van der Waals surface area contributed by atoms with Crippen molar-refractivity contribution in [2.45, 2.75) is 0 Å². The molecule has 0 saturated carbocycles. The minimum atomic E-state index is -1.18. The Morgan fingerprint density at radius 2 is 2.12 bits per heavy atom. The van der Waals surface area contributed by atoms with E-state index in [0.29, 0.717) is 0 Å². The van der Waals surface area contributed by atoms with Crippen LogP contribution in [0.3, 0.4) is 0 Å². The zero-order valence-electron chi connectivity index (χ0n) is 8.24. The Morgan fingerprint density at radius 3 is 2.71 bits per heavy atom. The topological polar surface area (TPSA) is 86.2 Å². The lowest BCUT2D eigenvalue weighted by atomic mass is 10.1. The van der Waals surface area contributed by atoms with Gasteiger partial charge in [0.25, 0.3) is 0 Å². The van der Waals surface area contributed by atoms with Crippen LogP contribution in [0.4, 0.5) is 4.39 Å². The lowest BCUT2D eigenvalue weighted by Crippen LogP contribution is -1.95. The molecule has 1 aromatic carbocycles. The molecule has 0 atom stereocenters. The van der Waals surface area contributed by atoms with E-state index in [4.69, 9.17) is 16.7 Å². The Morgan fingerprint density at radius 1 is 1.41 bits per heavy atom. The normalized spacial score (nSPS) is 10.5. The van der Waals surface area contributed by atoms with Gasteiger partial charge in [0.2, 0.25) is 0 Å². The minimum Gasteiger partial charge on any atom is -0.507 e. The first-order valence-corrected chi connectivity index (χ1v) is 4.84. The van der Waals surface area contributed by atoms with Crippen molar-refractivity contribution in [1.29, 1.82) is 0 Å². The maximum atomic E-state index is 13.0. The summed E-state index contributed by atoms with van der Waals surface area (Å²) in [5, 5.41) is 24.0. The number of hydrogen-bond acceptors (Lipinski definition) is 3. The number of phenols is 1. The highest BCUT2D eigenvalue weighted by atomic mass is 35.5. The number of nitrogens with one attached hydrogen (secondary N) is 1. The molecule has 17 heavy (non-hydrogen) atoms. The third-order valence-electron chi connectivity index (χ3n) is 2.12. The van der Waals surface area contributed by atoms with Gasteiger partial charge >= 0.3 is 5.97 Å². The van der Waals surface area contributed by atoms with Crippen LogP contribution >= 0.6 is 11.6 Å². The first-order valence-electron chi connectivity index (χ1n) is 4.46. The zero-order chi connectivity index (χ0) is 12.6. The van der Waals surface area contributed by atoms with Gasteiger partial charge in [-0.15, -0.1) is 0 Å². The van der Waals surface area contributed by atoms with Crippen LogP contribution in [0.5, 0.6) is 5.75 Å². The van der Waals surface area contributed by atoms with Crippen LogP contribution in [0, 0.1) is 5.82 Å². The minimum absolute atomic E-state index is 0.139. The van der Waals surface area contributed by atoms with Crippen molar-refractivity contribution < 1.29 is 19.4 Å². The Bertz CT molecular complexity index is 597. The SMILES string of the molecule is O=C(O)c1cc(-c2cc(Cl)c(F)cc2O)n[nH]1. The number of aromatic hydroxyl groups is 1. The number of hydrogen-bond donors (Lipinski definition) is 3. The van der Waals surface area contributed by atoms with E-state index < -0.39 is 11.8 Å². The van der Waals surface area contributed by atoms with E-state index in [1.807, 2.05) is 0 Å². The van der Waals surface area contributed by atoms with Gasteiger partial charge in [-0.3, -0.25) is 5.10 Å². The highest BCUT2D eigenvalue weighted by molar-refractivity contribution is 6.31. The van der Waals surface area contributed by atoms with Crippen molar-refractivity contribution in [3.05, 3.63) is 34.7 Å². The summed E-state index contributed by atoms with van der Waals surface area (Å²) >= 11 is 5.56. The zero-order valence-corrected chi connectivity index (χ0v) is 8.99. The molecule has 7 heteroatoms. The lowest BCUT2D eigenvalue weighted by molar-refractivity contribution is 0.0690. The maximum Gasteiger partial charge on any atom is 0.353 e. The summed E-state index contributed by atoms with van der Waals surface area (Å²) in [5.41, 5.74) is 0.182. The number of H-pyrrole nitrogens is 1. The molecule has 0 radical (unpaired) electrons. The number of aromatic carboxylic acids is 1. The standard InChI is InChI=1S/C10H6ClFN2O3/c11-5-1-4(9(15)2-6(5)12)7-3-8(10(16)17)14-13-7/h1-3,15H,(H,13,14)(H,16,17). The van der Waals surface area contributed by atoms with E-state index in [9.17, 15) is 14.3 Å². The van der Waals surface area contributed by atoms with Crippen molar-refractivity contribution in [3.8, 4) is 17.0 Å². The van der Waals surface area contributed by atoms with E-state index in [1.54, 1.807) is 0 Å². The molecule has 5 nitrogen and oxygen atoms in total. The Labute approximate surface area is 99.5 Å². The van der Waals surface area contributed by atoms with Crippen molar-refractivity contribution in [2.24, 2.45) is 0 Å². The molecule has 0 amide bonds. The number of nitrogens with zero attached hydrogens (tertiary/aromatic N) is 1. The summed E-state index contributed by atoms with van der Waals surface area (Å²) in [6.07, 6.45) is 0. The molecule has 0 saturated heterocycles. The quantitative estimate of drug-likeness (QED) is 0.769. The molecular weight excluding hydrogens is 251 g/mol. The van der Waals surface area contributed by atoms with Crippen LogP contribution < -0.4 is 0 Å². The van der Waals surface area contributed by atoms with Crippen LogP contribution in [-0.4, -0.2) is 26.4 Å². The summed E-state index contributed by atoms with van der Waals surface area (Å²) in [6, 6.07) is 3.23. The predicted octanol–water partition coefficient (Wildman–Crippen LogP) is 2.27. The number of halogens is 2. The maximum absolute atomic E-state index is 13.0. The van der Waals surface area contributed by atoms with E-state index in [1.165, 1.54) is 12.1 Å². The van der Waals surface area contributed by atoms with Gasteiger partial charge in [0.05, 0.1) is 10.7 Å². The molecule has 0 spiro atoms. The van der Waals surface area contributed by atoms with Crippen LogP contribution in [-0.2, 0) is 0 Å². The number of carbonyl (C=O) groups is 1. The Balaban J connectivity index is 2.52.